The van der Waals surface area contributed by atoms with E-state index in [9.17, 15) is 34.4 Å². The lowest BCUT2D eigenvalue weighted by Crippen LogP contribution is -2.49. The summed E-state index contributed by atoms with van der Waals surface area (Å²) in [6, 6.07) is -0.953. The molecule has 23 heavy (non-hydrogen) atoms. The van der Waals surface area contributed by atoms with Gasteiger partial charge in [0.1, 0.15) is 0 Å². The Morgan fingerprint density at radius 1 is 1.00 bits per heavy atom. The summed E-state index contributed by atoms with van der Waals surface area (Å²) in [6.07, 6.45) is 4.11. The van der Waals surface area contributed by atoms with Crippen LogP contribution in [0.3, 0.4) is 0 Å². The maximum absolute atomic E-state index is 11.8. The summed E-state index contributed by atoms with van der Waals surface area (Å²) in [5.41, 5.74) is 4.61. The third-order valence-corrected chi connectivity index (χ3v) is 7.54. The fourth-order valence-corrected chi connectivity index (χ4v) is 5.56. The molecule has 2 aliphatic rings. The van der Waals surface area contributed by atoms with Gasteiger partial charge in [0.2, 0.25) is 0 Å². The predicted molar refractivity (Wildman–Crippen MR) is 78.7 cm³/mol. The van der Waals surface area contributed by atoms with Gasteiger partial charge in [0.05, 0.1) is 4.91 Å². The summed E-state index contributed by atoms with van der Waals surface area (Å²) < 4.78 is 94.0. The first-order valence-electron chi connectivity index (χ1n) is 5.73. The van der Waals surface area contributed by atoms with E-state index in [4.69, 9.17) is 10.3 Å². The molecule has 0 bridgehead atoms. The van der Waals surface area contributed by atoms with Crippen molar-refractivity contribution in [2.75, 3.05) is 0 Å². The first-order chi connectivity index (χ1) is 10.2. The molecule has 0 aromatic rings. The van der Waals surface area contributed by atoms with E-state index in [1.807, 2.05) is 0 Å². The van der Waals surface area contributed by atoms with Crippen molar-refractivity contribution in [1.29, 1.82) is 0 Å². The van der Waals surface area contributed by atoms with Crippen molar-refractivity contribution >= 4 is 30.4 Å². The predicted octanol–water partition coefficient (Wildman–Crippen LogP) is -1.01. The van der Waals surface area contributed by atoms with Crippen molar-refractivity contribution in [3.8, 4) is 0 Å². The minimum atomic E-state index is -5.62. The van der Waals surface area contributed by atoms with Crippen LogP contribution in [-0.4, -0.2) is 49.0 Å². The van der Waals surface area contributed by atoms with Crippen LogP contribution < -0.4 is 5.73 Å². The van der Waals surface area contributed by atoms with Crippen molar-refractivity contribution in [2.45, 2.75) is 10.1 Å². The quantitative estimate of drug-likeness (QED) is 0.438. The molecule has 5 N–H and O–H groups in total. The summed E-state index contributed by atoms with van der Waals surface area (Å²) in [4.78, 5) is -1.12. The maximum atomic E-state index is 11.8. The molecule has 0 aromatic carbocycles. The highest BCUT2D eigenvalue weighted by atomic mass is 32.3. The van der Waals surface area contributed by atoms with Crippen LogP contribution in [-0.2, 0) is 30.4 Å². The average molecular weight is 385 g/mol. The van der Waals surface area contributed by atoms with Crippen LogP contribution in [0.2, 0.25) is 0 Å². The van der Waals surface area contributed by atoms with E-state index in [1.165, 1.54) is 6.08 Å². The van der Waals surface area contributed by atoms with Gasteiger partial charge in [-0.1, -0.05) is 18.2 Å². The molecule has 1 unspecified atom stereocenters. The van der Waals surface area contributed by atoms with E-state index in [0.29, 0.717) is 0 Å². The smallest absolute Gasteiger partial charge is 0.296 e. The Hall–Kier alpha value is -1.35. The van der Waals surface area contributed by atoms with Crippen LogP contribution in [0.5, 0.6) is 0 Å². The second-order valence-electron chi connectivity index (χ2n) is 4.76. The van der Waals surface area contributed by atoms with Crippen LogP contribution in [0.1, 0.15) is 0 Å². The van der Waals surface area contributed by atoms with Crippen molar-refractivity contribution in [3.63, 3.8) is 0 Å². The Morgan fingerprint density at radius 2 is 1.52 bits per heavy atom. The van der Waals surface area contributed by atoms with E-state index >= 15 is 0 Å². The summed E-state index contributed by atoms with van der Waals surface area (Å²) in [6.45, 7) is 0. The first-order valence-corrected chi connectivity index (χ1v) is 10.0. The van der Waals surface area contributed by atoms with Gasteiger partial charge in [-0.15, -0.1) is 0 Å². The standard InChI is InChI=1S/C10H11NO9S3/c11-7-2-1-6-3-8(21(12,13)14)5-10(9(6)4-7,22(15,16)17)23(18,19)20/h1-5,7H,11H2,(H,12,13,14)(H,15,16,17)(H,18,19,20). The zero-order chi connectivity index (χ0) is 17.8. The Balaban J connectivity index is 3.04. The Labute approximate surface area is 131 Å². The zero-order valence-electron chi connectivity index (χ0n) is 11.1. The van der Waals surface area contributed by atoms with E-state index in [0.717, 1.165) is 18.2 Å². The number of hydrogen-bond donors (Lipinski definition) is 4. The molecular weight excluding hydrogens is 374 g/mol. The Bertz CT molecular complexity index is 962. The molecule has 128 valence electrons. The molecule has 0 heterocycles. The Morgan fingerprint density at radius 3 is 1.96 bits per heavy atom. The number of hydrogen-bond acceptors (Lipinski definition) is 7. The van der Waals surface area contributed by atoms with Gasteiger partial charge in [-0.25, -0.2) is 0 Å². The van der Waals surface area contributed by atoms with Gasteiger partial charge in [0.25, 0.3) is 34.4 Å². The van der Waals surface area contributed by atoms with Crippen molar-refractivity contribution in [2.24, 2.45) is 5.73 Å². The molecule has 0 spiro atoms. The lowest BCUT2D eigenvalue weighted by Gasteiger charge is -2.33. The van der Waals surface area contributed by atoms with Crippen LogP contribution >= 0.6 is 0 Å². The molecule has 13 heteroatoms. The normalized spacial score (nSPS) is 24.3. The third kappa shape index (κ3) is 2.80. The van der Waals surface area contributed by atoms with Crippen molar-refractivity contribution < 1.29 is 38.9 Å². The number of allylic oxidation sites excluding steroid dienone is 3. The van der Waals surface area contributed by atoms with Crippen LogP contribution in [0.25, 0.3) is 0 Å². The molecule has 0 saturated carbocycles. The maximum Gasteiger partial charge on any atom is 0.296 e. The largest absolute Gasteiger partial charge is 0.321 e. The minimum Gasteiger partial charge on any atom is -0.321 e. The van der Waals surface area contributed by atoms with Gasteiger partial charge in [0.15, 0.2) is 0 Å². The number of nitrogens with two attached hydrogens (primary N) is 1. The summed E-state index contributed by atoms with van der Waals surface area (Å²) in [5.74, 6) is 0. The third-order valence-electron chi connectivity index (χ3n) is 3.24. The van der Waals surface area contributed by atoms with E-state index in [2.05, 4.69) is 0 Å². The molecule has 10 nitrogen and oxygen atoms in total. The SMILES string of the molecule is NC1C=CC2=CC(S(=O)(=O)O)=CC(S(=O)(=O)O)(S(=O)(=O)O)C2=C1. The van der Waals surface area contributed by atoms with Gasteiger partial charge < -0.3 is 5.73 Å². The molecule has 2 aliphatic carbocycles. The lowest BCUT2D eigenvalue weighted by molar-refractivity contribution is 0.447. The van der Waals surface area contributed by atoms with Crippen molar-refractivity contribution in [1.82, 2.24) is 0 Å². The van der Waals surface area contributed by atoms with E-state index in [-0.39, 0.29) is 11.6 Å². The first kappa shape index (κ1) is 18.0. The second kappa shape index (κ2) is 5.07. The van der Waals surface area contributed by atoms with E-state index < -0.39 is 51.0 Å². The van der Waals surface area contributed by atoms with Gasteiger partial charge in [-0.2, -0.15) is 25.3 Å². The fraction of sp³-hybridized carbons (Fsp3) is 0.200. The second-order valence-corrected chi connectivity index (χ2v) is 9.62. The number of fused-ring (bicyclic) bond motifs is 1. The molecule has 0 radical (unpaired) electrons. The topological polar surface area (TPSA) is 189 Å². The van der Waals surface area contributed by atoms with Gasteiger partial charge in [-0.3, -0.25) is 13.7 Å². The van der Waals surface area contributed by atoms with Gasteiger partial charge in [-0.05, 0) is 17.7 Å². The molecule has 0 fully saturated rings. The molecule has 1 atom stereocenters. The highest BCUT2D eigenvalue weighted by Gasteiger charge is 2.59. The number of rotatable bonds is 3. The minimum absolute atomic E-state index is 0.0359. The summed E-state index contributed by atoms with van der Waals surface area (Å²) in [7, 11) is -16.3. The van der Waals surface area contributed by atoms with Crippen LogP contribution in [0.15, 0.2) is 46.4 Å². The monoisotopic (exact) mass is 385 g/mol. The molecule has 0 aromatic heterocycles. The van der Waals surface area contributed by atoms with Crippen molar-refractivity contribution in [3.05, 3.63) is 46.4 Å². The molecule has 0 amide bonds. The zero-order valence-corrected chi connectivity index (χ0v) is 13.5. The highest BCUT2D eigenvalue weighted by molar-refractivity contribution is 8.06. The fourth-order valence-electron chi connectivity index (χ4n) is 2.26. The van der Waals surface area contributed by atoms with Crippen LogP contribution in [0.4, 0.5) is 0 Å². The van der Waals surface area contributed by atoms with Gasteiger partial charge >= 0.3 is 0 Å². The highest BCUT2D eigenvalue weighted by Crippen LogP contribution is 2.44. The van der Waals surface area contributed by atoms with Gasteiger partial charge in [0, 0.05) is 11.6 Å². The summed E-state index contributed by atoms with van der Waals surface area (Å²) in [5, 5.41) is 0. The van der Waals surface area contributed by atoms with E-state index in [1.54, 1.807) is 0 Å². The molecular formula is C10H11NO9S3. The lowest BCUT2D eigenvalue weighted by atomic mass is 9.91. The summed E-state index contributed by atoms with van der Waals surface area (Å²) >= 11 is 0. The average Bonchev–Trinajstić information content (AvgIpc) is 2.33. The molecule has 0 aliphatic heterocycles. The Kier molecular flexibility index (Phi) is 3.97. The van der Waals surface area contributed by atoms with Crippen LogP contribution in [0, 0.1) is 0 Å². The molecule has 2 rings (SSSR count). The molecule has 0 saturated heterocycles.